The van der Waals surface area contributed by atoms with Crippen molar-refractivity contribution >= 4 is 12.1 Å². The van der Waals surface area contributed by atoms with Gasteiger partial charge in [0.05, 0.1) is 6.10 Å². The molecule has 6 nitrogen and oxygen atoms in total. The van der Waals surface area contributed by atoms with E-state index in [1.165, 1.54) is 0 Å². The number of rotatable bonds is 3. The highest BCUT2D eigenvalue weighted by atomic mass is 16.6. The molecule has 1 amide bonds. The summed E-state index contributed by atoms with van der Waals surface area (Å²) >= 11 is 0. The monoisotopic (exact) mass is 293 g/mol. The van der Waals surface area contributed by atoms with E-state index in [0.29, 0.717) is 0 Å². The van der Waals surface area contributed by atoms with Gasteiger partial charge in [-0.3, -0.25) is 4.90 Å². The van der Waals surface area contributed by atoms with E-state index >= 15 is 0 Å². The quantitative estimate of drug-likeness (QED) is 0.923. The summed E-state index contributed by atoms with van der Waals surface area (Å²) in [7, 11) is 0. The normalized spacial score (nSPS) is 25.4. The Hall–Kier alpha value is -2.08. The Balaban J connectivity index is 2.01. The molecule has 1 aliphatic rings. The fraction of sp³-hybridized carbons (Fsp3) is 0.467. The minimum atomic E-state index is -1.05. The van der Waals surface area contributed by atoms with Crippen molar-refractivity contribution in [1.82, 2.24) is 4.90 Å². The van der Waals surface area contributed by atoms with Gasteiger partial charge in [-0.2, -0.15) is 0 Å². The average molecular weight is 293 g/mol. The van der Waals surface area contributed by atoms with Crippen LogP contribution in [-0.4, -0.2) is 40.9 Å². The summed E-state index contributed by atoms with van der Waals surface area (Å²) in [6, 6.07) is 8.29. The molecule has 0 spiro atoms. The zero-order valence-corrected chi connectivity index (χ0v) is 12.1. The van der Waals surface area contributed by atoms with Crippen LogP contribution in [0.3, 0.4) is 0 Å². The molecule has 1 saturated heterocycles. The molecule has 0 aliphatic carbocycles. The Morgan fingerprint density at radius 1 is 1.33 bits per heavy atom. The number of benzene rings is 1. The molecule has 1 aliphatic heterocycles. The third-order valence-corrected chi connectivity index (χ3v) is 3.74. The van der Waals surface area contributed by atoms with Gasteiger partial charge in [-0.15, -0.1) is 0 Å². The van der Waals surface area contributed by atoms with Gasteiger partial charge >= 0.3 is 12.1 Å². The number of nitrogens with zero attached hydrogens (tertiary/aromatic N) is 1. The number of aliphatic carboxylic acids is 1. The van der Waals surface area contributed by atoms with Crippen molar-refractivity contribution in [2.75, 3.05) is 6.73 Å². The molecule has 0 bridgehead atoms. The van der Waals surface area contributed by atoms with Crippen LogP contribution in [0.1, 0.15) is 19.4 Å². The van der Waals surface area contributed by atoms with E-state index in [0.717, 1.165) is 10.5 Å². The summed E-state index contributed by atoms with van der Waals surface area (Å²) in [6.07, 6.45) is -0.894. The first-order valence-electron chi connectivity index (χ1n) is 6.82. The second-order valence-corrected chi connectivity index (χ2v) is 5.15. The second kappa shape index (κ2) is 6.58. The zero-order chi connectivity index (χ0) is 15.4. The number of amides is 1. The van der Waals surface area contributed by atoms with Crippen molar-refractivity contribution in [2.24, 2.45) is 5.92 Å². The number of carbonyl (C=O) groups excluding carboxylic acids is 1. The van der Waals surface area contributed by atoms with Gasteiger partial charge in [0.1, 0.15) is 19.4 Å². The predicted molar refractivity (Wildman–Crippen MR) is 74.5 cm³/mol. The minimum absolute atomic E-state index is 0.0733. The molecule has 0 aromatic heterocycles. The van der Waals surface area contributed by atoms with Crippen LogP contribution in [0.15, 0.2) is 30.3 Å². The van der Waals surface area contributed by atoms with Crippen molar-refractivity contribution in [1.29, 1.82) is 0 Å². The Bertz CT molecular complexity index is 504. The summed E-state index contributed by atoms with van der Waals surface area (Å²) in [6.45, 7) is 3.58. The lowest BCUT2D eigenvalue weighted by Crippen LogP contribution is -2.56. The van der Waals surface area contributed by atoms with Crippen LogP contribution < -0.4 is 0 Å². The van der Waals surface area contributed by atoms with Gasteiger partial charge in [-0.25, -0.2) is 9.59 Å². The van der Waals surface area contributed by atoms with E-state index in [9.17, 15) is 14.7 Å². The van der Waals surface area contributed by atoms with Gasteiger partial charge in [0.15, 0.2) is 0 Å². The van der Waals surface area contributed by atoms with Crippen LogP contribution in [0, 0.1) is 5.92 Å². The molecule has 0 unspecified atom stereocenters. The number of carboxylic acid groups (broad SMARTS) is 1. The summed E-state index contributed by atoms with van der Waals surface area (Å²) in [5.74, 6) is -1.35. The van der Waals surface area contributed by atoms with Crippen molar-refractivity contribution in [2.45, 2.75) is 32.6 Å². The molecule has 3 atom stereocenters. The number of carboxylic acids is 1. The van der Waals surface area contributed by atoms with Crippen LogP contribution in [0.2, 0.25) is 0 Å². The molecule has 114 valence electrons. The molecule has 0 saturated carbocycles. The molecule has 1 fully saturated rings. The second-order valence-electron chi connectivity index (χ2n) is 5.15. The molecule has 21 heavy (non-hydrogen) atoms. The van der Waals surface area contributed by atoms with Crippen LogP contribution >= 0.6 is 0 Å². The van der Waals surface area contributed by atoms with E-state index in [1.54, 1.807) is 13.8 Å². The first-order valence-corrected chi connectivity index (χ1v) is 6.82. The van der Waals surface area contributed by atoms with Crippen LogP contribution in [0.4, 0.5) is 4.79 Å². The van der Waals surface area contributed by atoms with Gasteiger partial charge in [0, 0.05) is 5.92 Å². The molecular weight excluding hydrogens is 274 g/mol. The van der Waals surface area contributed by atoms with Crippen molar-refractivity contribution in [3.05, 3.63) is 35.9 Å². The lowest BCUT2D eigenvalue weighted by Gasteiger charge is -2.39. The lowest BCUT2D eigenvalue weighted by atomic mass is 9.94. The molecule has 1 aromatic carbocycles. The van der Waals surface area contributed by atoms with Crippen LogP contribution in [-0.2, 0) is 20.9 Å². The van der Waals surface area contributed by atoms with Gasteiger partial charge < -0.3 is 14.6 Å². The standard InChI is InChI=1S/C15H19NO5/c1-10-11(2)21-9-16(13(10)14(17)18)15(19)20-8-12-6-4-3-5-7-12/h3-7,10-11,13H,8-9H2,1-2H3,(H,17,18)/t10-,11-,13-/m0/s1. The van der Waals surface area contributed by atoms with Crippen molar-refractivity contribution in [3.8, 4) is 0 Å². The number of ether oxygens (including phenoxy) is 2. The Morgan fingerprint density at radius 2 is 2.00 bits per heavy atom. The van der Waals surface area contributed by atoms with Crippen LogP contribution in [0.5, 0.6) is 0 Å². The zero-order valence-electron chi connectivity index (χ0n) is 12.1. The first-order chi connectivity index (χ1) is 10.0. The molecule has 1 heterocycles. The smallest absolute Gasteiger partial charge is 0.412 e. The molecule has 1 N–H and O–H groups in total. The summed E-state index contributed by atoms with van der Waals surface area (Å²) in [4.78, 5) is 24.6. The maximum atomic E-state index is 12.1. The molecule has 6 heteroatoms. The van der Waals surface area contributed by atoms with Crippen LogP contribution in [0.25, 0.3) is 0 Å². The molecule has 0 radical (unpaired) electrons. The SMILES string of the molecule is C[C@H]1[C@H](C)OCN(C(=O)OCc2ccccc2)[C@@H]1C(=O)O. The van der Waals surface area contributed by atoms with Gasteiger partial charge in [-0.05, 0) is 12.5 Å². The number of carbonyl (C=O) groups is 2. The van der Waals surface area contributed by atoms with Gasteiger partial charge in [0.2, 0.25) is 0 Å². The van der Waals surface area contributed by atoms with E-state index in [2.05, 4.69) is 0 Å². The van der Waals surface area contributed by atoms with E-state index in [-0.39, 0.29) is 25.4 Å². The third kappa shape index (κ3) is 3.52. The minimum Gasteiger partial charge on any atom is -0.480 e. The summed E-state index contributed by atoms with van der Waals surface area (Å²) in [5.41, 5.74) is 0.845. The van der Waals surface area contributed by atoms with E-state index < -0.39 is 18.1 Å². The largest absolute Gasteiger partial charge is 0.480 e. The fourth-order valence-electron chi connectivity index (χ4n) is 2.30. The maximum absolute atomic E-state index is 12.1. The number of hydrogen-bond donors (Lipinski definition) is 1. The first kappa shape index (κ1) is 15.3. The third-order valence-electron chi connectivity index (χ3n) is 3.74. The molecule has 2 rings (SSSR count). The van der Waals surface area contributed by atoms with Gasteiger partial charge in [0.25, 0.3) is 0 Å². The summed E-state index contributed by atoms with van der Waals surface area (Å²) in [5, 5.41) is 9.33. The van der Waals surface area contributed by atoms with E-state index in [4.69, 9.17) is 9.47 Å². The Labute approximate surface area is 123 Å². The number of hydrogen-bond acceptors (Lipinski definition) is 4. The molecular formula is C15H19NO5. The Morgan fingerprint density at radius 3 is 2.62 bits per heavy atom. The van der Waals surface area contributed by atoms with Crippen molar-refractivity contribution < 1.29 is 24.2 Å². The highest BCUT2D eigenvalue weighted by Gasteiger charge is 2.42. The van der Waals surface area contributed by atoms with Gasteiger partial charge in [-0.1, -0.05) is 37.3 Å². The predicted octanol–water partition coefficient (Wildman–Crippen LogP) is 2.09. The average Bonchev–Trinajstić information content (AvgIpc) is 2.48. The fourth-order valence-corrected chi connectivity index (χ4v) is 2.30. The topological polar surface area (TPSA) is 76.1 Å². The maximum Gasteiger partial charge on any atom is 0.412 e. The van der Waals surface area contributed by atoms with E-state index in [1.807, 2.05) is 30.3 Å². The molecule has 1 aromatic rings. The highest BCUT2D eigenvalue weighted by molar-refractivity contribution is 5.80. The summed E-state index contributed by atoms with van der Waals surface area (Å²) < 4.78 is 10.6. The lowest BCUT2D eigenvalue weighted by molar-refractivity contribution is -0.163. The van der Waals surface area contributed by atoms with Crippen molar-refractivity contribution in [3.63, 3.8) is 0 Å². The Kier molecular flexibility index (Phi) is 4.80. The highest BCUT2D eigenvalue weighted by Crippen LogP contribution is 2.24.